The Morgan fingerprint density at radius 1 is 1.33 bits per heavy atom. The molecule has 4 nitrogen and oxygen atoms in total. The second-order valence-electron chi connectivity index (χ2n) is 4.97. The summed E-state index contributed by atoms with van der Waals surface area (Å²) in [5, 5.41) is 0. The average Bonchev–Trinajstić information content (AvgIpc) is 2.27. The molecule has 0 bridgehead atoms. The molecule has 18 heavy (non-hydrogen) atoms. The van der Waals surface area contributed by atoms with Gasteiger partial charge in [0.15, 0.2) is 0 Å². The van der Waals surface area contributed by atoms with Crippen molar-refractivity contribution in [2.45, 2.75) is 44.6 Å². The van der Waals surface area contributed by atoms with Crippen LogP contribution in [0.2, 0.25) is 0 Å². The number of rotatable bonds is 5. The molecule has 0 saturated heterocycles. The molecular weight excluding hydrogens is 250 g/mol. The Kier molecular flexibility index (Phi) is 4.40. The van der Waals surface area contributed by atoms with Gasteiger partial charge in [-0.05, 0) is 51.0 Å². The van der Waals surface area contributed by atoms with Crippen LogP contribution in [0, 0.1) is 6.92 Å². The number of hydrogen-bond donors (Lipinski definition) is 1. The second kappa shape index (κ2) is 5.28. The number of ether oxygens (including phenoxy) is 1. The summed E-state index contributed by atoms with van der Waals surface area (Å²) in [7, 11) is -1.92. The highest BCUT2D eigenvalue weighted by Crippen LogP contribution is 2.22. The molecule has 0 aliphatic rings. The molecule has 0 amide bonds. The number of hydrogen-bond acceptors (Lipinski definition) is 3. The van der Waals surface area contributed by atoms with Crippen molar-refractivity contribution in [1.29, 1.82) is 0 Å². The molecule has 0 saturated carbocycles. The third kappa shape index (κ3) is 3.46. The van der Waals surface area contributed by atoms with E-state index in [1.54, 1.807) is 25.3 Å². The minimum Gasteiger partial charge on any atom is -0.496 e. The van der Waals surface area contributed by atoms with Crippen LogP contribution in [0.25, 0.3) is 0 Å². The van der Waals surface area contributed by atoms with E-state index >= 15 is 0 Å². The topological polar surface area (TPSA) is 55.4 Å². The summed E-state index contributed by atoms with van der Waals surface area (Å²) in [4.78, 5) is 0.266. The predicted octanol–water partition coefficient (Wildman–Crippen LogP) is 2.47. The molecule has 0 heterocycles. The van der Waals surface area contributed by atoms with Crippen LogP contribution in [0.4, 0.5) is 0 Å². The Balaban J connectivity index is 3.10. The van der Waals surface area contributed by atoms with Gasteiger partial charge in [0.25, 0.3) is 0 Å². The Labute approximate surface area is 109 Å². The number of benzene rings is 1. The SMILES string of the molecule is CCC(C)(C)NS(=O)(=O)c1ccc(OC)c(C)c1. The molecule has 5 heteroatoms. The Hall–Kier alpha value is -1.07. The molecule has 1 aromatic carbocycles. The number of methoxy groups -OCH3 is 1. The summed E-state index contributed by atoms with van der Waals surface area (Å²) in [5.41, 5.74) is 0.349. The van der Waals surface area contributed by atoms with Gasteiger partial charge in [0.2, 0.25) is 10.0 Å². The highest BCUT2D eigenvalue weighted by atomic mass is 32.2. The van der Waals surface area contributed by atoms with Crippen molar-refractivity contribution in [2.75, 3.05) is 7.11 Å². The lowest BCUT2D eigenvalue weighted by atomic mass is 10.0. The lowest BCUT2D eigenvalue weighted by molar-refractivity contribution is 0.411. The van der Waals surface area contributed by atoms with Crippen LogP contribution in [0.3, 0.4) is 0 Å². The van der Waals surface area contributed by atoms with E-state index in [-0.39, 0.29) is 4.90 Å². The second-order valence-corrected chi connectivity index (χ2v) is 6.66. The Morgan fingerprint density at radius 2 is 1.94 bits per heavy atom. The minimum atomic E-state index is -3.48. The molecule has 0 fully saturated rings. The maximum absolute atomic E-state index is 12.2. The van der Waals surface area contributed by atoms with Gasteiger partial charge in [0, 0.05) is 5.54 Å². The van der Waals surface area contributed by atoms with E-state index in [0.29, 0.717) is 5.75 Å². The van der Waals surface area contributed by atoms with Gasteiger partial charge in [-0.2, -0.15) is 0 Å². The van der Waals surface area contributed by atoms with Crippen LogP contribution in [0.15, 0.2) is 23.1 Å². The first-order valence-electron chi connectivity index (χ1n) is 5.90. The van der Waals surface area contributed by atoms with Gasteiger partial charge in [0.1, 0.15) is 5.75 Å². The van der Waals surface area contributed by atoms with Gasteiger partial charge in [0.05, 0.1) is 12.0 Å². The van der Waals surface area contributed by atoms with Gasteiger partial charge >= 0.3 is 0 Å². The smallest absolute Gasteiger partial charge is 0.241 e. The fourth-order valence-corrected chi connectivity index (χ4v) is 3.08. The largest absolute Gasteiger partial charge is 0.496 e. The molecule has 102 valence electrons. The monoisotopic (exact) mass is 271 g/mol. The van der Waals surface area contributed by atoms with Gasteiger partial charge in [-0.25, -0.2) is 13.1 Å². The van der Waals surface area contributed by atoms with Gasteiger partial charge in [-0.15, -0.1) is 0 Å². The molecule has 0 spiro atoms. The highest BCUT2D eigenvalue weighted by molar-refractivity contribution is 7.89. The maximum atomic E-state index is 12.2. The standard InChI is InChI=1S/C13H21NO3S/c1-6-13(3,4)14-18(15,16)11-7-8-12(17-5)10(2)9-11/h7-9,14H,6H2,1-5H3. The van der Waals surface area contributed by atoms with Crippen molar-refractivity contribution in [3.63, 3.8) is 0 Å². The van der Waals surface area contributed by atoms with Crippen molar-refractivity contribution in [3.05, 3.63) is 23.8 Å². The zero-order chi connectivity index (χ0) is 14.0. The first kappa shape index (κ1) is 15.0. The minimum absolute atomic E-state index is 0.266. The number of sulfonamides is 1. The normalized spacial score (nSPS) is 12.5. The predicted molar refractivity (Wildman–Crippen MR) is 72.4 cm³/mol. The Bertz CT molecular complexity index is 521. The van der Waals surface area contributed by atoms with Crippen LogP contribution < -0.4 is 9.46 Å². The van der Waals surface area contributed by atoms with E-state index in [9.17, 15) is 8.42 Å². The van der Waals surface area contributed by atoms with Crippen LogP contribution in [-0.2, 0) is 10.0 Å². The van der Waals surface area contributed by atoms with Crippen molar-refractivity contribution in [3.8, 4) is 5.75 Å². The number of nitrogens with one attached hydrogen (secondary N) is 1. The lowest BCUT2D eigenvalue weighted by Gasteiger charge is -2.24. The average molecular weight is 271 g/mol. The van der Waals surface area contributed by atoms with Gasteiger partial charge in [-0.1, -0.05) is 6.92 Å². The summed E-state index contributed by atoms with van der Waals surface area (Å²) in [6.45, 7) is 7.49. The van der Waals surface area contributed by atoms with Crippen molar-refractivity contribution in [1.82, 2.24) is 4.72 Å². The molecule has 0 aliphatic carbocycles. The molecule has 0 unspecified atom stereocenters. The molecule has 0 atom stereocenters. The highest BCUT2D eigenvalue weighted by Gasteiger charge is 2.24. The van der Waals surface area contributed by atoms with Crippen molar-refractivity contribution < 1.29 is 13.2 Å². The van der Waals surface area contributed by atoms with Gasteiger partial charge < -0.3 is 4.74 Å². The molecule has 0 aromatic heterocycles. The summed E-state index contributed by atoms with van der Waals surface area (Å²) in [6, 6.07) is 4.84. The summed E-state index contributed by atoms with van der Waals surface area (Å²) < 4.78 is 32.2. The van der Waals surface area contributed by atoms with E-state index in [1.165, 1.54) is 0 Å². The molecule has 0 aliphatic heterocycles. The summed E-state index contributed by atoms with van der Waals surface area (Å²) >= 11 is 0. The first-order valence-corrected chi connectivity index (χ1v) is 7.39. The molecule has 1 rings (SSSR count). The van der Waals surface area contributed by atoms with Crippen LogP contribution >= 0.6 is 0 Å². The third-order valence-corrected chi connectivity index (χ3v) is 4.67. The number of aryl methyl sites for hydroxylation is 1. The lowest BCUT2D eigenvalue weighted by Crippen LogP contribution is -2.42. The van der Waals surface area contributed by atoms with Crippen LogP contribution in [0.5, 0.6) is 5.75 Å². The fourth-order valence-electron chi connectivity index (χ4n) is 1.51. The summed E-state index contributed by atoms with van der Waals surface area (Å²) in [5.74, 6) is 0.684. The molecular formula is C13H21NO3S. The zero-order valence-corrected chi connectivity index (χ0v) is 12.4. The third-order valence-electron chi connectivity index (χ3n) is 2.97. The molecule has 1 aromatic rings. The van der Waals surface area contributed by atoms with Crippen molar-refractivity contribution in [2.24, 2.45) is 0 Å². The van der Waals surface area contributed by atoms with Gasteiger partial charge in [-0.3, -0.25) is 0 Å². The van der Waals surface area contributed by atoms with E-state index < -0.39 is 15.6 Å². The van der Waals surface area contributed by atoms with E-state index in [4.69, 9.17) is 4.74 Å². The zero-order valence-electron chi connectivity index (χ0n) is 11.6. The molecule has 0 radical (unpaired) electrons. The fraction of sp³-hybridized carbons (Fsp3) is 0.538. The van der Waals surface area contributed by atoms with Crippen LogP contribution in [0.1, 0.15) is 32.8 Å². The quantitative estimate of drug-likeness (QED) is 0.895. The maximum Gasteiger partial charge on any atom is 0.241 e. The van der Waals surface area contributed by atoms with Crippen molar-refractivity contribution >= 4 is 10.0 Å². The molecule has 1 N–H and O–H groups in total. The van der Waals surface area contributed by atoms with E-state index in [0.717, 1.165) is 12.0 Å². The Morgan fingerprint density at radius 3 is 2.39 bits per heavy atom. The summed E-state index contributed by atoms with van der Waals surface area (Å²) in [6.07, 6.45) is 0.724. The van der Waals surface area contributed by atoms with E-state index in [1.807, 2.05) is 27.7 Å². The first-order chi connectivity index (χ1) is 8.22. The van der Waals surface area contributed by atoms with Crippen LogP contribution in [-0.4, -0.2) is 21.1 Å². The van der Waals surface area contributed by atoms with E-state index in [2.05, 4.69) is 4.72 Å².